The van der Waals surface area contributed by atoms with Gasteiger partial charge in [-0.25, -0.2) is 0 Å². The molecule has 1 unspecified atom stereocenters. The maximum atomic E-state index is 12.3. The molecule has 1 saturated heterocycles. The first kappa shape index (κ1) is 16.3. The van der Waals surface area contributed by atoms with Gasteiger partial charge in [0.15, 0.2) is 5.82 Å². The number of benzene rings is 2. The third-order valence-electron chi connectivity index (χ3n) is 4.55. The van der Waals surface area contributed by atoms with Gasteiger partial charge < -0.3 is 14.2 Å². The molecule has 0 radical (unpaired) electrons. The number of nitrogens with zero attached hydrogens (tertiary/aromatic N) is 3. The highest BCUT2D eigenvalue weighted by molar-refractivity contribution is 5.79. The van der Waals surface area contributed by atoms with Crippen molar-refractivity contribution >= 4 is 5.91 Å². The molecule has 26 heavy (non-hydrogen) atoms. The molecule has 0 bridgehead atoms. The van der Waals surface area contributed by atoms with Crippen LogP contribution in [0.4, 0.5) is 0 Å². The van der Waals surface area contributed by atoms with E-state index in [4.69, 9.17) is 9.26 Å². The number of likely N-dealkylation sites (tertiary alicyclic amines) is 1. The van der Waals surface area contributed by atoms with Crippen LogP contribution in [0.15, 0.2) is 59.1 Å². The van der Waals surface area contributed by atoms with Gasteiger partial charge in [-0.3, -0.25) is 4.79 Å². The molecule has 0 saturated carbocycles. The van der Waals surface area contributed by atoms with Crippen molar-refractivity contribution in [1.29, 1.82) is 0 Å². The normalized spacial score (nSPS) is 16.9. The summed E-state index contributed by atoms with van der Waals surface area (Å²) in [5.74, 6) is 1.81. The maximum Gasteiger partial charge on any atom is 0.258 e. The Morgan fingerprint density at radius 2 is 2.04 bits per heavy atom. The Bertz CT molecular complexity index is 907. The number of carbonyl (C=O) groups excluding carboxylic acids is 1. The predicted molar refractivity (Wildman–Crippen MR) is 95.5 cm³/mol. The molecule has 0 aliphatic carbocycles. The molecule has 1 amide bonds. The van der Waals surface area contributed by atoms with Gasteiger partial charge in [-0.1, -0.05) is 41.6 Å². The Labute approximate surface area is 151 Å². The van der Waals surface area contributed by atoms with Crippen LogP contribution in [0.3, 0.4) is 0 Å². The van der Waals surface area contributed by atoms with Crippen LogP contribution in [-0.2, 0) is 11.3 Å². The Balaban J connectivity index is 1.49. The number of methoxy groups -OCH3 is 1. The van der Waals surface area contributed by atoms with Gasteiger partial charge in [0.1, 0.15) is 5.75 Å². The van der Waals surface area contributed by atoms with E-state index in [2.05, 4.69) is 10.1 Å². The van der Waals surface area contributed by atoms with E-state index in [0.717, 1.165) is 16.9 Å². The molecule has 0 N–H and O–H groups in total. The summed E-state index contributed by atoms with van der Waals surface area (Å²) < 4.78 is 10.6. The minimum absolute atomic E-state index is 0.0469. The fraction of sp³-hybridized carbons (Fsp3) is 0.250. The van der Waals surface area contributed by atoms with Gasteiger partial charge in [-0.15, -0.1) is 0 Å². The summed E-state index contributed by atoms with van der Waals surface area (Å²) in [7, 11) is 1.61. The van der Waals surface area contributed by atoms with Crippen LogP contribution in [-0.4, -0.2) is 34.6 Å². The lowest BCUT2D eigenvalue weighted by Crippen LogP contribution is -2.24. The highest BCUT2D eigenvalue weighted by Gasteiger charge is 2.33. The molecule has 1 atom stereocenters. The van der Waals surface area contributed by atoms with Gasteiger partial charge in [-0.2, -0.15) is 4.98 Å². The molecule has 6 nitrogen and oxygen atoms in total. The van der Waals surface area contributed by atoms with E-state index in [1.807, 2.05) is 59.5 Å². The highest BCUT2D eigenvalue weighted by Crippen LogP contribution is 2.30. The van der Waals surface area contributed by atoms with E-state index >= 15 is 0 Å². The molecule has 132 valence electrons. The van der Waals surface area contributed by atoms with E-state index in [1.54, 1.807) is 7.11 Å². The van der Waals surface area contributed by atoms with E-state index in [1.165, 1.54) is 0 Å². The molecule has 3 aromatic rings. The number of hydrogen-bond acceptors (Lipinski definition) is 5. The zero-order valence-corrected chi connectivity index (χ0v) is 14.5. The zero-order valence-electron chi connectivity index (χ0n) is 14.5. The van der Waals surface area contributed by atoms with Crippen molar-refractivity contribution in [3.63, 3.8) is 0 Å². The van der Waals surface area contributed by atoms with Gasteiger partial charge in [0, 0.05) is 31.0 Å². The van der Waals surface area contributed by atoms with E-state index < -0.39 is 0 Å². The van der Waals surface area contributed by atoms with E-state index in [9.17, 15) is 4.79 Å². The zero-order chi connectivity index (χ0) is 17.9. The smallest absolute Gasteiger partial charge is 0.258 e. The van der Waals surface area contributed by atoms with Crippen molar-refractivity contribution < 1.29 is 14.1 Å². The Kier molecular flexibility index (Phi) is 4.39. The lowest BCUT2D eigenvalue weighted by Gasteiger charge is -2.15. The van der Waals surface area contributed by atoms with Gasteiger partial charge in [-0.05, 0) is 23.8 Å². The fourth-order valence-corrected chi connectivity index (χ4v) is 3.18. The van der Waals surface area contributed by atoms with Crippen molar-refractivity contribution in [2.24, 2.45) is 0 Å². The molecular weight excluding hydrogens is 330 g/mol. The summed E-state index contributed by atoms with van der Waals surface area (Å²) in [6.07, 6.45) is 0.407. The second-order valence-corrected chi connectivity index (χ2v) is 6.35. The Morgan fingerprint density at radius 3 is 2.85 bits per heavy atom. The van der Waals surface area contributed by atoms with Crippen molar-refractivity contribution in [3.8, 4) is 17.2 Å². The highest BCUT2D eigenvalue weighted by atomic mass is 16.5. The second kappa shape index (κ2) is 7.00. The van der Waals surface area contributed by atoms with Crippen LogP contribution in [0, 0.1) is 0 Å². The summed E-state index contributed by atoms with van der Waals surface area (Å²) in [5.41, 5.74) is 1.92. The molecule has 2 heterocycles. The molecule has 1 aliphatic rings. The number of rotatable bonds is 5. The molecule has 0 spiro atoms. The quantitative estimate of drug-likeness (QED) is 0.707. The van der Waals surface area contributed by atoms with Crippen molar-refractivity contribution in [2.45, 2.75) is 18.9 Å². The summed E-state index contributed by atoms with van der Waals surface area (Å²) >= 11 is 0. The average molecular weight is 349 g/mol. The van der Waals surface area contributed by atoms with Crippen LogP contribution < -0.4 is 4.74 Å². The van der Waals surface area contributed by atoms with Gasteiger partial charge in [0.05, 0.1) is 7.11 Å². The fourth-order valence-electron chi connectivity index (χ4n) is 3.18. The Hall–Kier alpha value is -3.15. The number of aromatic nitrogens is 2. The summed E-state index contributed by atoms with van der Waals surface area (Å²) in [6, 6.07) is 17.4. The average Bonchev–Trinajstić information content (AvgIpc) is 3.30. The summed E-state index contributed by atoms with van der Waals surface area (Å²) in [5, 5.41) is 4.10. The van der Waals surface area contributed by atoms with Crippen molar-refractivity contribution in [2.75, 3.05) is 13.7 Å². The lowest BCUT2D eigenvalue weighted by molar-refractivity contribution is -0.128. The topological polar surface area (TPSA) is 68.5 Å². The number of amides is 1. The Morgan fingerprint density at radius 1 is 1.19 bits per heavy atom. The van der Waals surface area contributed by atoms with Crippen LogP contribution >= 0.6 is 0 Å². The molecule has 2 aromatic carbocycles. The van der Waals surface area contributed by atoms with Crippen molar-refractivity contribution in [1.82, 2.24) is 15.0 Å². The van der Waals surface area contributed by atoms with Crippen LogP contribution in [0.25, 0.3) is 11.5 Å². The van der Waals surface area contributed by atoms with Crippen LogP contribution in [0.5, 0.6) is 5.75 Å². The molecule has 4 rings (SSSR count). The maximum absolute atomic E-state index is 12.3. The molecule has 1 aliphatic heterocycles. The summed E-state index contributed by atoms with van der Waals surface area (Å²) in [4.78, 5) is 18.7. The predicted octanol–water partition coefficient (Wildman–Crippen LogP) is 3.26. The third kappa shape index (κ3) is 3.31. The molecule has 6 heteroatoms. The van der Waals surface area contributed by atoms with Gasteiger partial charge in [0.25, 0.3) is 5.89 Å². The first-order chi connectivity index (χ1) is 12.7. The number of carbonyl (C=O) groups is 1. The second-order valence-electron chi connectivity index (χ2n) is 6.35. The number of hydrogen-bond donors (Lipinski definition) is 0. The first-order valence-electron chi connectivity index (χ1n) is 8.52. The van der Waals surface area contributed by atoms with Crippen molar-refractivity contribution in [3.05, 3.63) is 66.0 Å². The molecule has 1 aromatic heterocycles. The minimum Gasteiger partial charge on any atom is -0.497 e. The molecule has 1 fully saturated rings. The standard InChI is InChI=1S/C20H19N3O3/c1-25-17-9-5-8-15(10-17)20-21-19(22-26-20)16-11-18(24)23(13-16)12-14-6-3-2-4-7-14/h2-10,16H,11-13H2,1H3. The minimum atomic E-state index is -0.0469. The van der Waals surface area contributed by atoms with Crippen LogP contribution in [0.1, 0.15) is 23.7 Å². The lowest BCUT2D eigenvalue weighted by atomic mass is 10.1. The largest absolute Gasteiger partial charge is 0.497 e. The first-order valence-corrected chi connectivity index (χ1v) is 8.52. The third-order valence-corrected chi connectivity index (χ3v) is 4.55. The SMILES string of the molecule is COc1cccc(-c2nc(C3CC(=O)N(Cc4ccccc4)C3)no2)c1. The van der Waals surface area contributed by atoms with Crippen LogP contribution in [0.2, 0.25) is 0 Å². The van der Waals surface area contributed by atoms with Gasteiger partial charge in [0.2, 0.25) is 5.91 Å². The summed E-state index contributed by atoms with van der Waals surface area (Å²) in [6.45, 7) is 1.21. The number of ether oxygens (including phenoxy) is 1. The van der Waals surface area contributed by atoms with E-state index in [0.29, 0.717) is 31.2 Å². The monoisotopic (exact) mass is 349 g/mol. The molecular formula is C20H19N3O3. The van der Waals surface area contributed by atoms with E-state index in [-0.39, 0.29) is 11.8 Å². The van der Waals surface area contributed by atoms with Gasteiger partial charge >= 0.3 is 0 Å².